The highest BCUT2D eigenvalue weighted by molar-refractivity contribution is 7.89. The van der Waals surface area contributed by atoms with Crippen molar-refractivity contribution in [3.63, 3.8) is 0 Å². The Labute approximate surface area is 135 Å². The van der Waals surface area contributed by atoms with Gasteiger partial charge in [0.05, 0.1) is 5.88 Å². The molecule has 0 bridgehead atoms. The highest BCUT2D eigenvalue weighted by Crippen LogP contribution is 2.33. The van der Waals surface area contributed by atoms with Gasteiger partial charge in [0, 0.05) is 23.7 Å². The van der Waals surface area contributed by atoms with Gasteiger partial charge in [0.2, 0.25) is 10.0 Å². The van der Waals surface area contributed by atoms with Crippen LogP contribution in [0.5, 0.6) is 0 Å². The van der Waals surface area contributed by atoms with Crippen LogP contribution in [0.2, 0.25) is 5.02 Å². The molecular formula is C14H18Cl2FNO2S. The minimum Gasteiger partial charge on any atom is -0.207 e. The lowest BCUT2D eigenvalue weighted by atomic mass is 10.2. The van der Waals surface area contributed by atoms with E-state index in [9.17, 15) is 12.8 Å². The van der Waals surface area contributed by atoms with Crippen LogP contribution in [0.1, 0.15) is 31.7 Å². The summed E-state index contributed by atoms with van der Waals surface area (Å²) in [6, 6.07) is 2.52. The first kappa shape index (κ1) is 17.0. The van der Waals surface area contributed by atoms with Crippen LogP contribution < -0.4 is 0 Å². The van der Waals surface area contributed by atoms with Crippen LogP contribution in [-0.2, 0) is 15.9 Å². The van der Waals surface area contributed by atoms with Crippen molar-refractivity contribution in [3.8, 4) is 0 Å². The molecule has 1 aliphatic carbocycles. The number of benzene rings is 1. The molecular weight excluding hydrogens is 336 g/mol. The highest BCUT2D eigenvalue weighted by Gasteiger charge is 2.33. The Morgan fingerprint density at radius 1 is 1.38 bits per heavy atom. The van der Waals surface area contributed by atoms with Crippen molar-refractivity contribution in [1.29, 1.82) is 0 Å². The topological polar surface area (TPSA) is 37.4 Å². The van der Waals surface area contributed by atoms with Crippen molar-refractivity contribution in [2.75, 3.05) is 13.1 Å². The van der Waals surface area contributed by atoms with Crippen LogP contribution in [0.25, 0.3) is 0 Å². The molecule has 0 aliphatic heterocycles. The van der Waals surface area contributed by atoms with Gasteiger partial charge in [-0.05, 0) is 37.3 Å². The molecule has 1 aromatic rings. The van der Waals surface area contributed by atoms with E-state index in [1.54, 1.807) is 0 Å². The Morgan fingerprint density at radius 3 is 2.57 bits per heavy atom. The third-order valence-corrected chi connectivity index (χ3v) is 5.84. The van der Waals surface area contributed by atoms with E-state index in [0.29, 0.717) is 25.4 Å². The first-order chi connectivity index (χ1) is 9.90. The second-order valence-electron chi connectivity index (χ2n) is 5.32. The molecule has 0 spiro atoms. The molecule has 1 aliphatic rings. The average Bonchev–Trinajstić information content (AvgIpc) is 3.24. The zero-order valence-electron chi connectivity index (χ0n) is 11.8. The lowest BCUT2D eigenvalue weighted by Crippen LogP contribution is -2.34. The quantitative estimate of drug-likeness (QED) is 0.694. The molecule has 0 atom stereocenters. The molecule has 0 N–H and O–H groups in total. The SMILES string of the molecule is CCCN(CC1CC1)S(=O)(=O)c1cc(Cl)cc(CCl)c1F. The monoisotopic (exact) mass is 353 g/mol. The highest BCUT2D eigenvalue weighted by atomic mass is 35.5. The minimum atomic E-state index is -3.89. The van der Waals surface area contributed by atoms with Crippen LogP contribution in [0, 0.1) is 11.7 Å². The zero-order valence-corrected chi connectivity index (χ0v) is 14.1. The molecule has 2 rings (SSSR count). The van der Waals surface area contributed by atoms with Gasteiger partial charge in [-0.1, -0.05) is 18.5 Å². The van der Waals surface area contributed by atoms with E-state index in [4.69, 9.17) is 23.2 Å². The second kappa shape index (κ2) is 6.82. The summed E-state index contributed by atoms with van der Waals surface area (Å²) in [7, 11) is -3.89. The van der Waals surface area contributed by atoms with Crippen molar-refractivity contribution >= 4 is 33.2 Å². The van der Waals surface area contributed by atoms with E-state index in [0.717, 1.165) is 18.9 Å². The van der Waals surface area contributed by atoms with Gasteiger partial charge in [-0.25, -0.2) is 12.8 Å². The predicted molar refractivity (Wildman–Crippen MR) is 82.7 cm³/mol. The molecule has 21 heavy (non-hydrogen) atoms. The first-order valence-electron chi connectivity index (χ1n) is 6.94. The molecule has 0 saturated heterocycles. The number of sulfonamides is 1. The number of rotatable bonds is 7. The number of nitrogens with zero attached hydrogens (tertiary/aromatic N) is 1. The van der Waals surface area contributed by atoms with Crippen molar-refractivity contribution < 1.29 is 12.8 Å². The fourth-order valence-electron chi connectivity index (χ4n) is 2.19. The van der Waals surface area contributed by atoms with Crippen molar-refractivity contribution in [2.24, 2.45) is 5.92 Å². The van der Waals surface area contributed by atoms with Gasteiger partial charge in [-0.3, -0.25) is 0 Å². The number of halogens is 3. The fraction of sp³-hybridized carbons (Fsp3) is 0.571. The van der Waals surface area contributed by atoms with Crippen LogP contribution in [0.4, 0.5) is 4.39 Å². The van der Waals surface area contributed by atoms with E-state index in [1.165, 1.54) is 10.4 Å². The lowest BCUT2D eigenvalue weighted by molar-refractivity contribution is 0.392. The molecule has 0 unspecified atom stereocenters. The first-order valence-corrected chi connectivity index (χ1v) is 9.29. The maximum Gasteiger partial charge on any atom is 0.246 e. The smallest absolute Gasteiger partial charge is 0.207 e. The molecule has 1 fully saturated rings. The third kappa shape index (κ3) is 3.89. The third-order valence-electron chi connectivity index (χ3n) is 3.47. The number of hydrogen-bond donors (Lipinski definition) is 0. The van der Waals surface area contributed by atoms with Crippen LogP contribution in [0.3, 0.4) is 0 Å². The van der Waals surface area contributed by atoms with Crippen LogP contribution >= 0.6 is 23.2 Å². The molecule has 0 aromatic heterocycles. The lowest BCUT2D eigenvalue weighted by Gasteiger charge is -2.22. The molecule has 3 nitrogen and oxygen atoms in total. The van der Waals surface area contributed by atoms with E-state index in [-0.39, 0.29) is 21.4 Å². The minimum absolute atomic E-state index is 0.102. The van der Waals surface area contributed by atoms with Crippen molar-refractivity contribution in [3.05, 3.63) is 28.5 Å². The Hall–Kier alpha value is -0.360. The largest absolute Gasteiger partial charge is 0.246 e. The molecule has 0 heterocycles. The summed E-state index contributed by atoms with van der Waals surface area (Å²) in [5.41, 5.74) is 0.102. The van der Waals surface area contributed by atoms with Crippen molar-refractivity contribution in [1.82, 2.24) is 4.31 Å². The summed E-state index contributed by atoms with van der Waals surface area (Å²) in [4.78, 5) is -0.375. The van der Waals surface area contributed by atoms with Gasteiger partial charge in [0.25, 0.3) is 0 Å². The van der Waals surface area contributed by atoms with Gasteiger partial charge in [-0.2, -0.15) is 4.31 Å². The predicted octanol–water partition coefficient (Wildman–Crippen LogP) is 4.03. The van der Waals surface area contributed by atoms with Gasteiger partial charge in [0.15, 0.2) is 0 Å². The summed E-state index contributed by atoms with van der Waals surface area (Å²) < 4.78 is 41.1. The maximum atomic E-state index is 14.4. The Kier molecular flexibility index (Phi) is 5.52. The summed E-state index contributed by atoms with van der Waals surface area (Å²) in [6.07, 6.45) is 2.73. The van der Waals surface area contributed by atoms with E-state index in [2.05, 4.69) is 0 Å². The van der Waals surface area contributed by atoms with Gasteiger partial charge in [-0.15, -0.1) is 11.6 Å². The van der Waals surface area contributed by atoms with Gasteiger partial charge < -0.3 is 0 Å². The molecule has 1 aromatic carbocycles. The van der Waals surface area contributed by atoms with Gasteiger partial charge >= 0.3 is 0 Å². The average molecular weight is 354 g/mol. The van der Waals surface area contributed by atoms with Gasteiger partial charge in [0.1, 0.15) is 10.7 Å². The molecule has 0 radical (unpaired) electrons. The summed E-state index contributed by atoms with van der Waals surface area (Å²) in [6.45, 7) is 2.72. The Balaban J connectivity index is 2.43. The summed E-state index contributed by atoms with van der Waals surface area (Å²) in [5.74, 6) is -0.530. The summed E-state index contributed by atoms with van der Waals surface area (Å²) in [5, 5.41) is 0.175. The Morgan fingerprint density at radius 2 is 2.05 bits per heavy atom. The normalized spacial score (nSPS) is 15.7. The summed E-state index contributed by atoms with van der Waals surface area (Å²) >= 11 is 11.6. The number of hydrogen-bond acceptors (Lipinski definition) is 2. The molecule has 1 saturated carbocycles. The molecule has 7 heteroatoms. The van der Waals surface area contributed by atoms with E-state index < -0.39 is 15.8 Å². The van der Waals surface area contributed by atoms with E-state index >= 15 is 0 Å². The zero-order chi connectivity index (χ0) is 15.6. The van der Waals surface area contributed by atoms with Crippen LogP contribution in [0.15, 0.2) is 17.0 Å². The fourth-order valence-corrected chi connectivity index (χ4v) is 4.43. The molecule has 0 amide bonds. The number of alkyl halides is 1. The molecule has 118 valence electrons. The Bertz CT molecular complexity index is 618. The van der Waals surface area contributed by atoms with E-state index in [1.807, 2.05) is 6.92 Å². The standard InChI is InChI=1S/C14H18Cl2FNO2S/c1-2-5-18(9-10-3-4-10)21(19,20)13-7-12(16)6-11(8-15)14(13)17/h6-7,10H,2-5,8-9H2,1H3. The maximum absolute atomic E-state index is 14.4. The van der Waals surface area contributed by atoms with Crippen molar-refractivity contribution in [2.45, 2.75) is 37.0 Å². The van der Waals surface area contributed by atoms with Crippen LogP contribution in [-0.4, -0.2) is 25.8 Å². The second-order valence-corrected chi connectivity index (χ2v) is 7.93.